The third-order valence-electron chi connectivity index (χ3n) is 2.88. The van der Waals surface area contributed by atoms with Gasteiger partial charge in [0.15, 0.2) is 6.23 Å². The third kappa shape index (κ3) is 1.74. The molecule has 0 N–H and O–H groups in total. The highest BCUT2D eigenvalue weighted by Gasteiger charge is 2.18. The Hall–Kier alpha value is -0.940. The predicted molar refractivity (Wildman–Crippen MR) is 64.1 cm³/mol. The van der Waals surface area contributed by atoms with Crippen LogP contribution in [0.1, 0.15) is 25.5 Å². The minimum absolute atomic E-state index is 0.0838. The number of nitrogens with zero attached hydrogens (tertiary/aromatic N) is 3. The number of hydrogen-bond donors (Lipinski definition) is 0. The summed E-state index contributed by atoms with van der Waals surface area (Å²) in [6, 6.07) is 1.99. The summed E-state index contributed by atoms with van der Waals surface area (Å²) in [5.41, 5.74) is 1.08. The number of ether oxygens (including phenoxy) is 1. The van der Waals surface area contributed by atoms with Crippen molar-refractivity contribution in [2.24, 2.45) is 0 Å². The lowest BCUT2D eigenvalue weighted by Gasteiger charge is -2.23. The van der Waals surface area contributed by atoms with E-state index in [9.17, 15) is 0 Å². The van der Waals surface area contributed by atoms with Crippen molar-refractivity contribution in [3.63, 3.8) is 0 Å². The van der Waals surface area contributed by atoms with Crippen LogP contribution in [-0.4, -0.2) is 21.4 Å². The monoisotopic (exact) mass is 281 g/mol. The molecule has 84 valence electrons. The fourth-order valence-corrected chi connectivity index (χ4v) is 2.38. The van der Waals surface area contributed by atoms with Gasteiger partial charge in [0.05, 0.1) is 11.7 Å². The average molecular weight is 282 g/mol. The first-order chi connectivity index (χ1) is 7.84. The quantitative estimate of drug-likeness (QED) is 0.755. The second kappa shape index (κ2) is 4.14. The van der Waals surface area contributed by atoms with Gasteiger partial charge in [-0.2, -0.15) is 5.10 Å². The van der Waals surface area contributed by atoms with E-state index in [2.05, 4.69) is 26.0 Å². The van der Waals surface area contributed by atoms with Gasteiger partial charge >= 0.3 is 0 Å². The van der Waals surface area contributed by atoms with Crippen molar-refractivity contribution in [3.05, 3.63) is 23.1 Å². The highest BCUT2D eigenvalue weighted by Crippen LogP contribution is 2.26. The largest absolute Gasteiger partial charge is 0.356 e. The minimum atomic E-state index is 0.0838. The number of halogens is 1. The maximum atomic E-state index is 5.74. The summed E-state index contributed by atoms with van der Waals surface area (Å²) in [6.07, 6.45) is 7.15. The van der Waals surface area contributed by atoms with Crippen molar-refractivity contribution in [2.75, 3.05) is 6.61 Å². The molecule has 2 aromatic heterocycles. The van der Waals surface area contributed by atoms with Gasteiger partial charge in [0, 0.05) is 18.2 Å². The van der Waals surface area contributed by atoms with Crippen molar-refractivity contribution in [1.82, 2.24) is 14.8 Å². The van der Waals surface area contributed by atoms with E-state index in [1.807, 2.05) is 23.1 Å². The zero-order valence-electron chi connectivity index (χ0n) is 8.77. The fraction of sp³-hybridized carbons (Fsp3) is 0.455. The first kappa shape index (κ1) is 10.2. The molecular formula is C11H12BrN3O. The van der Waals surface area contributed by atoms with E-state index >= 15 is 0 Å². The van der Waals surface area contributed by atoms with Crippen LogP contribution in [0, 0.1) is 0 Å². The summed E-state index contributed by atoms with van der Waals surface area (Å²) >= 11 is 3.38. The number of fused-ring (bicyclic) bond motifs is 1. The fourth-order valence-electron chi connectivity index (χ4n) is 2.06. The van der Waals surface area contributed by atoms with Crippen molar-refractivity contribution < 1.29 is 4.74 Å². The van der Waals surface area contributed by atoms with Crippen molar-refractivity contribution in [1.29, 1.82) is 0 Å². The molecule has 0 bridgehead atoms. The third-order valence-corrected chi connectivity index (χ3v) is 3.31. The van der Waals surface area contributed by atoms with Gasteiger partial charge in [-0.05, 0) is 41.3 Å². The molecule has 1 aliphatic rings. The van der Waals surface area contributed by atoms with Gasteiger partial charge in [-0.1, -0.05) is 0 Å². The highest BCUT2D eigenvalue weighted by molar-refractivity contribution is 9.10. The molecule has 0 aromatic carbocycles. The topological polar surface area (TPSA) is 39.9 Å². The zero-order valence-corrected chi connectivity index (χ0v) is 10.4. The van der Waals surface area contributed by atoms with Crippen LogP contribution in [0.4, 0.5) is 0 Å². The molecule has 0 aliphatic carbocycles. The van der Waals surface area contributed by atoms with Crippen molar-refractivity contribution >= 4 is 26.8 Å². The molecule has 1 saturated heterocycles. The van der Waals surface area contributed by atoms with Crippen LogP contribution >= 0.6 is 15.9 Å². The second-order valence-corrected chi connectivity index (χ2v) is 4.79. The number of pyridine rings is 1. The lowest BCUT2D eigenvalue weighted by Crippen LogP contribution is -2.18. The molecule has 0 spiro atoms. The van der Waals surface area contributed by atoms with Gasteiger partial charge in [0.25, 0.3) is 0 Å². The summed E-state index contributed by atoms with van der Waals surface area (Å²) in [7, 11) is 0. The van der Waals surface area contributed by atoms with E-state index in [0.717, 1.165) is 35.0 Å². The molecule has 1 atom stereocenters. The first-order valence-electron chi connectivity index (χ1n) is 5.45. The van der Waals surface area contributed by atoms with Crippen LogP contribution in [0.2, 0.25) is 0 Å². The molecule has 2 aromatic rings. The Morgan fingerprint density at radius 2 is 2.31 bits per heavy atom. The van der Waals surface area contributed by atoms with Crippen LogP contribution in [0.3, 0.4) is 0 Å². The Kier molecular flexibility index (Phi) is 2.65. The molecular weight excluding hydrogens is 270 g/mol. The van der Waals surface area contributed by atoms with Gasteiger partial charge < -0.3 is 4.74 Å². The lowest BCUT2D eigenvalue weighted by molar-refractivity contribution is -0.0366. The normalized spacial score (nSPS) is 21.4. The molecule has 1 fully saturated rings. The summed E-state index contributed by atoms with van der Waals surface area (Å²) < 4.78 is 8.53. The van der Waals surface area contributed by atoms with Gasteiger partial charge in [-0.25, -0.2) is 9.67 Å². The zero-order chi connectivity index (χ0) is 11.0. The van der Waals surface area contributed by atoms with E-state index in [0.29, 0.717) is 0 Å². The molecule has 0 amide bonds. The standard InChI is InChI=1S/C11H12BrN3O/c12-10-5-9-8(6-13-10)7-14-15(9)11-3-1-2-4-16-11/h5-7,11H,1-4H2. The molecule has 1 aliphatic heterocycles. The Bertz CT molecular complexity index is 505. The van der Waals surface area contributed by atoms with Crippen LogP contribution < -0.4 is 0 Å². The summed E-state index contributed by atoms with van der Waals surface area (Å²) in [5.74, 6) is 0. The minimum Gasteiger partial charge on any atom is -0.356 e. The van der Waals surface area contributed by atoms with E-state index < -0.39 is 0 Å². The molecule has 16 heavy (non-hydrogen) atoms. The Balaban J connectivity index is 2.05. The Labute approximate surface area is 102 Å². The van der Waals surface area contributed by atoms with Crippen LogP contribution in [0.15, 0.2) is 23.1 Å². The molecule has 3 heterocycles. The van der Waals surface area contributed by atoms with Gasteiger partial charge in [-0.15, -0.1) is 0 Å². The van der Waals surface area contributed by atoms with E-state index in [1.165, 1.54) is 6.42 Å². The number of rotatable bonds is 1. The van der Waals surface area contributed by atoms with Gasteiger partial charge in [0.1, 0.15) is 4.60 Å². The molecule has 4 nitrogen and oxygen atoms in total. The van der Waals surface area contributed by atoms with Gasteiger partial charge in [0.2, 0.25) is 0 Å². The van der Waals surface area contributed by atoms with E-state index in [4.69, 9.17) is 4.74 Å². The number of aromatic nitrogens is 3. The maximum absolute atomic E-state index is 5.74. The summed E-state index contributed by atoms with van der Waals surface area (Å²) in [5, 5.41) is 5.44. The summed E-state index contributed by atoms with van der Waals surface area (Å²) in [4.78, 5) is 4.19. The van der Waals surface area contributed by atoms with E-state index in [1.54, 1.807) is 0 Å². The van der Waals surface area contributed by atoms with Crippen LogP contribution in [-0.2, 0) is 4.74 Å². The molecule has 5 heteroatoms. The molecule has 0 radical (unpaired) electrons. The predicted octanol–water partition coefficient (Wildman–Crippen LogP) is 2.89. The lowest BCUT2D eigenvalue weighted by atomic mass is 10.2. The first-order valence-corrected chi connectivity index (χ1v) is 6.24. The Morgan fingerprint density at radius 1 is 1.38 bits per heavy atom. The SMILES string of the molecule is Brc1cc2c(cn1)cnn2C1CCCCO1. The average Bonchev–Trinajstić information content (AvgIpc) is 2.73. The maximum Gasteiger partial charge on any atom is 0.150 e. The molecule has 3 rings (SSSR count). The van der Waals surface area contributed by atoms with Crippen molar-refractivity contribution in [2.45, 2.75) is 25.5 Å². The molecule has 0 saturated carbocycles. The summed E-state index contributed by atoms with van der Waals surface area (Å²) in [6.45, 7) is 0.832. The van der Waals surface area contributed by atoms with E-state index in [-0.39, 0.29) is 6.23 Å². The van der Waals surface area contributed by atoms with Crippen LogP contribution in [0.5, 0.6) is 0 Å². The second-order valence-electron chi connectivity index (χ2n) is 3.98. The highest BCUT2D eigenvalue weighted by atomic mass is 79.9. The van der Waals surface area contributed by atoms with Crippen molar-refractivity contribution in [3.8, 4) is 0 Å². The van der Waals surface area contributed by atoms with Gasteiger partial charge in [-0.3, -0.25) is 0 Å². The Morgan fingerprint density at radius 3 is 3.12 bits per heavy atom. The molecule has 1 unspecified atom stereocenters. The van der Waals surface area contributed by atoms with Crippen LogP contribution in [0.25, 0.3) is 10.9 Å². The smallest absolute Gasteiger partial charge is 0.150 e. The number of hydrogen-bond acceptors (Lipinski definition) is 3.